The Labute approximate surface area is 112 Å². The maximum Gasteiger partial charge on any atom is 0.253 e. The molecule has 0 unspecified atom stereocenters. The molecule has 5 heteroatoms. The van der Waals surface area contributed by atoms with Gasteiger partial charge in [0.1, 0.15) is 0 Å². The minimum Gasteiger partial charge on any atom is -0.398 e. The van der Waals surface area contributed by atoms with Crippen LogP contribution in [0.25, 0.3) is 0 Å². The lowest BCUT2D eigenvalue weighted by Crippen LogP contribution is -2.26. The first-order valence-electron chi connectivity index (χ1n) is 6.29. The Morgan fingerprint density at radius 2 is 2.26 bits per heavy atom. The van der Waals surface area contributed by atoms with Crippen LogP contribution in [0, 0.1) is 6.92 Å². The molecule has 19 heavy (non-hydrogen) atoms. The van der Waals surface area contributed by atoms with Crippen molar-refractivity contribution in [3.05, 3.63) is 47.8 Å². The molecule has 3 N–H and O–H groups in total. The highest BCUT2D eigenvalue weighted by molar-refractivity contribution is 6.00. The number of benzene rings is 1. The summed E-state index contributed by atoms with van der Waals surface area (Å²) in [5.41, 5.74) is 7.81. The molecule has 0 aliphatic heterocycles. The van der Waals surface area contributed by atoms with Gasteiger partial charge in [0.25, 0.3) is 5.91 Å². The molecule has 0 aliphatic carbocycles. The monoisotopic (exact) mass is 258 g/mol. The molecule has 100 valence electrons. The maximum atomic E-state index is 12.0. The second kappa shape index (κ2) is 6.04. The van der Waals surface area contributed by atoms with Crippen LogP contribution in [0.1, 0.15) is 22.3 Å². The Hall–Kier alpha value is -2.30. The summed E-state index contributed by atoms with van der Waals surface area (Å²) in [6.07, 6.45) is 4.48. The number of amides is 1. The quantitative estimate of drug-likeness (QED) is 0.632. The highest BCUT2D eigenvalue weighted by Crippen LogP contribution is 2.15. The molecule has 2 aromatic rings. The molecule has 1 aromatic heterocycles. The molecule has 1 heterocycles. The van der Waals surface area contributed by atoms with Crippen LogP contribution in [0.2, 0.25) is 0 Å². The van der Waals surface area contributed by atoms with E-state index in [0.717, 1.165) is 18.5 Å². The van der Waals surface area contributed by atoms with Crippen molar-refractivity contribution in [3.63, 3.8) is 0 Å². The van der Waals surface area contributed by atoms with E-state index in [0.29, 0.717) is 17.8 Å². The summed E-state index contributed by atoms with van der Waals surface area (Å²) >= 11 is 0. The number of carbonyl (C=O) groups excluding carboxylic acids is 1. The van der Waals surface area contributed by atoms with Gasteiger partial charge < -0.3 is 11.1 Å². The number of aryl methyl sites for hydroxylation is 2. The molecule has 0 saturated heterocycles. The van der Waals surface area contributed by atoms with E-state index in [4.69, 9.17) is 5.73 Å². The number of nitrogen functional groups attached to an aromatic ring is 1. The molecule has 0 bridgehead atoms. The van der Waals surface area contributed by atoms with Gasteiger partial charge in [0.15, 0.2) is 0 Å². The summed E-state index contributed by atoms with van der Waals surface area (Å²) in [7, 11) is 0. The highest BCUT2D eigenvalue weighted by atomic mass is 16.1. The van der Waals surface area contributed by atoms with Crippen molar-refractivity contribution < 1.29 is 4.79 Å². The van der Waals surface area contributed by atoms with Crippen LogP contribution in [0.4, 0.5) is 5.69 Å². The average Bonchev–Trinajstić information content (AvgIpc) is 2.87. The lowest BCUT2D eigenvalue weighted by Gasteiger charge is -2.10. The van der Waals surface area contributed by atoms with Crippen LogP contribution in [0.15, 0.2) is 36.7 Å². The van der Waals surface area contributed by atoms with Gasteiger partial charge in [-0.15, -0.1) is 0 Å². The number of rotatable bonds is 5. The number of hydrogen-bond donors (Lipinski definition) is 2. The first kappa shape index (κ1) is 13.1. The molecule has 0 saturated carbocycles. The number of anilines is 1. The minimum atomic E-state index is -0.115. The zero-order valence-corrected chi connectivity index (χ0v) is 11.0. The molecule has 0 fully saturated rings. The van der Waals surface area contributed by atoms with E-state index < -0.39 is 0 Å². The van der Waals surface area contributed by atoms with Gasteiger partial charge in [-0.05, 0) is 31.0 Å². The van der Waals surface area contributed by atoms with Crippen molar-refractivity contribution in [2.24, 2.45) is 0 Å². The third-order valence-electron chi connectivity index (χ3n) is 2.94. The molecule has 5 nitrogen and oxygen atoms in total. The van der Waals surface area contributed by atoms with Crippen LogP contribution in [-0.2, 0) is 6.54 Å². The number of carbonyl (C=O) groups is 1. The van der Waals surface area contributed by atoms with E-state index in [1.807, 2.05) is 36.0 Å². The van der Waals surface area contributed by atoms with Crippen LogP contribution in [-0.4, -0.2) is 22.2 Å². The normalized spacial score (nSPS) is 10.4. The zero-order chi connectivity index (χ0) is 13.7. The fourth-order valence-electron chi connectivity index (χ4n) is 1.96. The smallest absolute Gasteiger partial charge is 0.253 e. The van der Waals surface area contributed by atoms with Crippen LogP contribution >= 0.6 is 0 Å². The van der Waals surface area contributed by atoms with Crippen molar-refractivity contribution in [2.75, 3.05) is 12.3 Å². The number of nitrogens with one attached hydrogen (secondary N) is 1. The molecule has 1 amide bonds. The van der Waals surface area contributed by atoms with Crippen LogP contribution in [0.5, 0.6) is 0 Å². The third-order valence-corrected chi connectivity index (χ3v) is 2.94. The molecular formula is C14H18N4O. The van der Waals surface area contributed by atoms with Crippen molar-refractivity contribution in [3.8, 4) is 0 Å². The fraction of sp³-hybridized carbons (Fsp3) is 0.286. The molecule has 0 spiro atoms. The molecule has 1 aromatic carbocycles. The second-order valence-corrected chi connectivity index (χ2v) is 4.42. The summed E-state index contributed by atoms with van der Waals surface area (Å²) in [6, 6.07) is 7.35. The summed E-state index contributed by atoms with van der Waals surface area (Å²) in [5, 5.41) is 6.99. The van der Waals surface area contributed by atoms with E-state index in [2.05, 4.69) is 10.4 Å². The van der Waals surface area contributed by atoms with Gasteiger partial charge in [-0.2, -0.15) is 5.10 Å². The molecule has 0 radical (unpaired) electrons. The summed E-state index contributed by atoms with van der Waals surface area (Å²) in [4.78, 5) is 12.0. The van der Waals surface area contributed by atoms with E-state index in [1.54, 1.807) is 12.3 Å². The number of aromatic nitrogens is 2. The zero-order valence-electron chi connectivity index (χ0n) is 11.0. The van der Waals surface area contributed by atoms with Crippen LogP contribution in [0.3, 0.4) is 0 Å². The first-order valence-corrected chi connectivity index (χ1v) is 6.29. The van der Waals surface area contributed by atoms with Gasteiger partial charge in [-0.3, -0.25) is 9.48 Å². The fourth-order valence-corrected chi connectivity index (χ4v) is 1.96. The molecular weight excluding hydrogens is 240 g/mol. The Kier molecular flexibility index (Phi) is 4.18. The Morgan fingerprint density at radius 1 is 1.42 bits per heavy atom. The van der Waals surface area contributed by atoms with E-state index >= 15 is 0 Å². The summed E-state index contributed by atoms with van der Waals surface area (Å²) in [5.74, 6) is -0.115. The van der Waals surface area contributed by atoms with Gasteiger partial charge in [0, 0.05) is 31.2 Å². The first-order chi connectivity index (χ1) is 9.18. The van der Waals surface area contributed by atoms with E-state index in [-0.39, 0.29) is 5.91 Å². The maximum absolute atomic E-state index is 12.0. The Balaban J connectivity index is 1.84. The lowest BCUT2D eigenvalue weighted by atomic mass is 10.1. The van der Waals surface area contributed by atoms with Crippen molar-refractivity contribution in [2.45, 2.75) is 19.9 Å². The van der Waals surface area contributed by atoms with Crippen molar-refractivity contribution in [1.29, 1.82) is 0 Å². The lowest BCUT2D eigenvalue weighted by molar-refractivity contribution is 0.0953. The van der Waals surface area contributed by atoms with Gasteiger partial charge >= 0.3 is 0 Å². The minimum absolute atomic E-state index is 0.115. The van der Waals surface area contributed by atoms with Gasteiger partial charge in [-0.1, -0.05) is 12.1 Å². The number of hydrogen-bond acceptors (Lipinski definition) is 3. The van der Waals surface area contributed by atoms with Crippen molar-refractivity contribution in [1.82, 2.24) is 15.1 Å². The standard InChI is InChI=1S/C14H18N4O/c1-11-5-2-6-12(15)13(11)14(19)16-7-3-9-18-10-4-8-17-18/h2,4-6,8,10H,3,7,9,15H2,1H3,(H,16,19). The SMILES string of the molecule is Cc1cccc(N)c1C(=O)NCCCn1cccn1. The third kappa shape index (κ3) is 3.34. The summed E-state index contributed by atoms with van der Waals surface area (Å²) in [6.45, 7) is 3.28. The highest BCUT2D eigenvalue weighted by Gasteiger charge is 2.11. The predicted molar refractivity (Wildman–Crippen MR) is 74.8 cm³/mol. The van der Waals surface area contributed by atoms with Gasteiger partial charge in [0.2, 0.25) is 0 Å². The average molecular weight is 258 g/mol. The topological polar surface area (TPSA) is 72.9 Å². The Morgan fingerprint density at radius 3 is 2.95 bits per heavy atom. The van der Waals surface area contributed by atoms with E-state index in [1.165, 1.54) is 0 Å². The summed E-state index contributed by atoms with van der Waals surface area (Å²) < 4.78 is 1.84. The largest absolute Gasteiger partial charge is 0.398 e. The Bertz CT molecular complexity index is 528. The molecule has 0 aliphatic rings. The molecule has 2 rings (SSSR count). The second-order valence-electron chi connectivity index (χ2n) is 4.42. The molecule has 0 atom stereocenters. The number of nitrogens with two attached hydrogens (primary N) is 1. The predicted octanol–water partition coefficient (Wildman–Crippen LogP) is 1.59. The van der Waals surface area contributed by atoms with Gasteiger partial charge in [-0.25, -0.2) is 0 Å². The number of nitrogens with zero attached hydrogens (tertiary/aromatic N) is 2. The van der Waals surface area contributed by atoms with Crippen LogP contribution < -0.4 is 11.1 Å². The van der Waals surface area contributed by atoms with Gasteiger partial charge in [0.05, 0.1) is 5.56 Å². The van der Waals surface area contributed by atoms with Crippen molar-refractivity contribution >= 4 is 11.6 Å². The van der Waals surface area contributed by atoms with E-state index in [9.17, 15) is 4.79 Å².